The van der Waals surface area contributed by atoms with Crippen molar-refractivity contribution in [3.05, 3.63) is 29.3 Å². The van der Waals surface area contributed by atoms with Gasteiger partial charge in [-0.2, -0.15) is 0 Å². The molecule has 86 valence electrons. The van der Waals surface area contributed by atoms with Gasteiger partial charge in [0.05, 0.1) is 5.02 Å². The number of aliphatic hydroxyl groups is 1. The molecular weight excluding hydrogens is 236 g/mol. The van der Waals surface area contributed by atoms with Gasteiger partial charge in [0.15, 0.2) is 0 Å². The minimum Gasteiger partial charge on any atom is -0.484 e. The van der Waals surface area contributed by atoms with Crippen LogP contribution in [0.2, 0.25) is 5.02 Å². The Morgan fingerprint density at radius 3 is 2.56 bits per heavy atom. The van der Waals surface area contributed by atoms with E-state index in [1.807, 2.05) is 0 Å². The summed E-state index contributed by atoms with van der Waals surface area (Å²) in [5.41, 5.74) is 0. The molecular formula is C10H9ClO5. The summed E-state index contributed by atoms with van der Waals surface area (Å²) in [6.07, 6.45) is -2.07. The Kier molecular flexibility index (Phi) is 4.28. The van der Waals surface area contributed by atoms with Crippen LogP contribution in [-0.4, -0.2) is 34.7 Å². The molecule has 0 amide bonds. The number of aliphatic carboxylic acids is 1. The van der Waals surface area contributed by atoms with Crippen LogP contribution in [-0.2, 0) is 9.59 Å². The second-order valence-electron chi connectivity index (χ2n) is 2.93. The molecule has 0 spiro atoms. The van der Waals surface area contributed by atoms with Crippen molar-refractivity contribution in [1.82, 2.24) is 0 Å². The Labute approximate surface area is 96.2 Å². The number of ether oxygens (including phenoxy) is 1. The first-order valence-corrected chi connectivity index (χ1v) is 4.71. The maximum Gasteiger partial charge on any atom is 0.340 e. The zero-order chi connectivity index (χ0) is 12.1. The molecule has 0 saturated heterocycles. The molecule has 6 heteroatoms. The lowest BCUT2D eigenvalue weighted by Gasteiger charge is -2.08. The molecule has 5 nitrogen and oxygen atoms in total. The normalized spacial score (nSPS) is 11.9. The first-order valence-electron chi connectivity index (χ1n) is 4.33. The Morgan fingerprint density at radius 2 is 2.00 bits per heavy atom. The summed E-state index contributed by atoms with van der Waals surface area (Å²) < 4.78 is 4.97. The summed E-state index contributed by atoms with van der Waals surface area (Å²) in [4.78, 5) is 21.3. The molecule has 1 unspecified atom stereocenters. The fourth-order valence-electron chi connectivity index (χ4n) is 0.927. The van der Waals surface area contributed by atoms with Crippen molar-refractivity contribution in [2.45, 2.75) is 6.10 Å². The van der Waals surface area contributed by atoms with Gasteiger partial charge in [-0.25, -0.2) is 4.79 Å². The van der Waals surface area contributed by atoms with Gasteiger partial charge in [-0.3, -0.25) is 4.79 Å². The van der Waals surface area contributed by atoms with Crippen LogP contribution in [0.25, 0.3) is 0 Å². The summed E-state index contributed by atoms with van der Waals surface area (Å²) in [5, 5.41) is 17.5. The molecule has 0 heterocycles. The van der Waals surface area contributed by atoms with Crippen LogP contribution in [0, 0.1) is 0 Å². The third-order valence-corrected chi connectivity index (χ3v) is 2.06. The highest BCUT2D eigenvalue weighted by atomic mass is 35.5. The van der Waals surface area contributed by atoms with Gasteiger partial charge in [0.25, 0.3) is 0 Å². The lowest BCUT2D eigenvalue weighted by Crippen LogP contribution is -2.33. The average molecular weight is 245 g/mol. The van der Waals surface area contributed by atoms with E-state index in [1.54, 1.807) is 18.2 Å². The minimum absolute atomic E-state index is 0.259. The standard InChI is InChI=1S/C10H9ClO5/c11-6-3-1-2-4-8(6)16-5-7(12)9(13)10(14)15/h1-4,9,13H,5H2,(H,14,15). The quantitative estimate of drug-likeness (QED) is 0.746. The molecule has 0 aliphatic rings. The van der Waals surface area contributed by atoms with E-state index in [4.69, 9.17) is 26.6 Å². The maximum atomic E-state index is 11.1. The van der Waals surface area contributed by atoms with E-state index >= 15 is 0 Å². The van der Waals surface area contributed by atoms with Crippen molar-refractivity contribution in [3.63, 3.8) is 0 Å². The lowest BCUT2D eigenvalue weighted by molar-refractivity contribution is -0.152. The Balaban J connectivity index is 2.56. The van der Waals surface area contributed by atoms with Gasteiger partial charge in [-0.1, -0.05) is 23.7 Å². The molecule has 0 aliphatic heterocycles. The number of ketones is 1. The zero-order valence-electron chi connectivity index (χ0n) is 8.09. The number of carbonyl (C=O) groups excluding carboxylic acids is 1. The summed E-state index contributed by atoms with van der Waals surface area (Å²) in [5.74, 6) is -2.28. The Bertz CT molecular complexity index is 404. The van der Waals surface area contributed by atoms with E-state index in [0.29, 0.717) is 5.02 Å². The largest absolute Gasteiger partial charge is 0.484 e. The van der Waals surface area contributed by atoms with Gasteiger partial charge >= 0.3 is 5.97 Å². The van der Waals surface area contributed by atoms with Crippen LogP contribution in [0.1, 0.15) is 0 Å². The van der Waals surface area contributed by atoms with Crippen LogP contribution < -0.4 is 4.74 Å². The lowest BCUT2D eigenvalue weighted by atomic mass is 10.2. The molecule has 1 aromatic rings. The molecule has 0 radical (unpaired) electrons. The summed E-state index contributed by atoms with van der Waals surface area (Å²) >= 11 is 5.73. The number of carbonyl (C=O) groups is 2. The number of hydrogen-bond acceptors (Lipinski definition) is 4. The van der Waals surface area contributed by atoms with Crippen molar-refractivity contribution in [1.29, 1.82) is 0 Å². The van der Waals surface area contributed by atoms with Gasteiger partial charge in [0.2, 0.25) is 11.9 Å². The zero-order valence-corrected chi connectivity index (χ0v) is 8.85. The maximum absolute atomic E-state index is 11.1. The van der Waals surface area contributed by atoms with E-state index in [0.717, 1.165) is 0 Å². The number of carboxylic acid groups (broad SMARTS) is 1. The summed E-state index contributed by atoms with van der Waals surface area (Å²) in [7, 11) is 0. The number of Topliss-reactive ketones (excluding diaryl/α,β-unsaturated/α-hetero) is 1. The van der Waals surface area contributed by atoms with Gasteiger partial charge in [0.1, 0.15) is 12.4 Å². The van der Waals surface area contributed by atoms with Crippen molar-refractivity contribution < 1.29 is 24.5 Å². The fraction of sp³-hybridized carbons (Fsp3) is 0.200. The smallest absolute Gasteiger partial charge is 0.340 e. The van der Waals surface area contributed by atoms with Crippen LogP contribution in [0.3, 0.4) is 0 Å². The second kappa shape index (κ2) is 5.48. The highest BCUT2D eigenvalue weighted by molar-refractivity contribution is 6.32. The number of halogens is 1. The predicted molar refractivity (Wildman–Crippen MR) is 55.6 cm³/mol. The molecule has 0 aliphatic carbocycles. The van der Waals surface area contributed by atoms with Gasteiger partial charge in [-0.15, -0.1) is 0 Å². The van der Waals surface area contributed by atoms with E-state index in [9.17, 15) is 9.59 Å². The van der Waals surface area contributed by atoms with Crippen molar-refractivity contribution in [2.24, 2.45) is 0 Å². The number of aliphatic hydroxyl groups excluding tert-OH is 1. The Hall–Kier alpha value is -1.59. The van der Waals surface area contributed by atoms with Crippen molar-refractivity contribution >= 4 is 23.4 Å². The van der Waals surface area contributed by atoms with Crippen LogP contribution in [0.15, 0.2) is 24.3 Å². The number of carboxylic acids is 1. The number of hydrogen-bond donors (Lipinski definition) is 2. The van der Waals surface area contributed by atoms with E-state index in [2.05, 4.69) is 0 Å². The molecule has 0 saturated carbocycles. The highest BCUT2D eigenvalue weighted by Crippen LogP contribution is 2.22. The average Bonchev–Trinajstić information content (AvgIpc) is 2.26. The van der Waals surface area contributed by atoms with E-state index in [1.165, 1.54) is 6.07 Å². The predicted octanol–water partition coefficient (Wildman–Crippen LogP) is 0.733. The van der Waals surface area contributed by atoms with Crippen molar-refractivity contribution in [3.8, 4) is 5.75 Å². The van der Waals surface area contributed by atoms with Crippen LogP contribution in [0.4, 0.5) is 0 Å². The van der Waals surface area contributed by atoms with Crippen LogP contribution in [0.5, 0.6) is 5.75 Å². The molecule has 0 fully saturated rings. The fourth-order valence-corrected chi connectivity index (χ4v) is 1.12. The van der Waals surface area contributed by atoms with Gasteiger partial charge in [-0.05, 0) is 12.1 Å². The first-order chi connectivity index (χ1) is 7.52. The Morgan fingerprint density at radius 1 is 1.38 bits per heavy atom. The highest BCUT2D eigenvalue weighted by Gasteiger charge is 2.23. The molecule has 0 aromatic heterocycles. The molecule has 2 N–H and O–H groups in total. The number of rotatable bonds is 5. The molecule has 1 rings (SSSR count). The van der Waals surface area contributed by atoms with Crippen LogP contribution >= 0.6 is 11.6 Å². The molecule has 1 atom stereocenters. The monoisotopic (exact) mass is 244 g/mol. The topological polar surface area (TPSA) is 83.8 Å². The van der Waals surface area contributed by atoms with Gasteiger partial charge in [0, 0.05) is 0 Å². The molecule has 1 aromatic carbocycles. The van der Waals surface area contributed by atoms with E-state index in [-0.39, 0.29) is 5.75 Å². The second-order valence-corrected chi connectivity index (χ2v) is 3.33. The first kappa shape index (κ1) is 12.5. The third-order valence-electron chi connectivity index (χ3n) is 1.75. The van der Waals surface area contributed by atoms with Crippen molar-refractivity contribution in [2.75, 3.05) is 6.61 Å². The van der Waals surface area contributed by atoms with Gasteiger partial charge < -0.3 is 14.9 Å². The summed E-state index contributed by atoms with van der Waals surface area (Å²) in [6.45, 7) is -0.544. The third kappa shape index (κ3) is 3.22. The molecule has 16 heavy (non-hydrogen) atoms. The summed E-state index contributed by atoms with van der Waals surface area (Å²) in [6, 6.07) is 6.43. The minimum atomic E-state index is -2.07. The number of para-hydroxylation sites is 1. The number of benzene rings is 1. The SMILES string of the molecule is O=C(O)C(O)C(=O)COc1ccccc1Cl. The van der Waals surface area contributed by atoms with E-state index < -0.39 is 24.5 Å². The molecule has 0 bridgehead atoms.